The van der Waals surface area contributed by atoms with E-state index in [9.17, 15) is 22.8 Å². The molecule has 1 aromatic carbocycles. The minimum atomic E-state index is -4.62. The van der Waals surface area contributed by atoms with Crippen LogP contribution in [0.3, 0.4) is 0 Å². The van der Waals surface area contributed by atoms with E-state index in [0.717, 1.165) is 12.1 Å². The Kier molecular flexibility index (Phi) is 8.48. The lowest BCUT2D eigenvalue weighted by molar-refractivity contribution is -0.137. The molecule has 2 aromatic heterocycles. The molecule has 0 bridgehead atoms. The second-order valence-corrected chi connectivity index (χ2v) is 7.78. The molecule has 2 amide bonds. The van der Waals surface area contributed by atoms with Crippen molar-refractivity contribution in [2.45, 2.75) is 13.1 Å². The molecule has 10 nitrogen and oxygen atoms in total. The molecule has 0 radical (unpaired) electrons. The number of hydrogen-bond acceptors (Lipinski definition) is 7. The van der Waals surface area contributed by atoms with Crippen LogP contribution in [0.4, 0.5) is 29.3 Å². The van der Waals surface area contributed by atoms with Gasteiger partial charge in [-0.1, -0.05) is 0 Å². The fourth-order valence-electron chi connectivity index (χ4n) is 2.95. The van der Waals surface area contributed by atoms with E-state index < -0.39 is 23.3 Å². The third-order valence-corrected chi connectivity index (χ3v) is 4.64. The van der Waals surface area contributed by atoms with Crippen LogP contribution in [-0.4, -0.2) is 59.7 Å². The number of nitrogens with one attached hydrogen (secondary N) is 3. The lowest BCUT2D eigenvalue weighted by Crippen LogP contribution is -2.21. The smallest absolute Gasteiger partial charge is 0.416 e. The number of anilines is 2. The largest absolute Gasteiger partial charge is 0.492 e. The second-order valence-electron chi connectivity index (χ2n) is 7.78. The fraction of sp³-hybridized carbons (Fsp3) is 0.304. The number of benzene rings is 1. The van der Waals surface area contributed by atoms with Crippen LogP contribution < -0.4 is 25.7 Å². The van der Waals surface area contributed by atoms with Gasteiger partial charge in [0.2, 0.25) is 0 Å². The van der Waals surface area contributed by atoms with Crippen LogP contribution in [0.25, 0.3) is 11.4 Å². The van der Waals surface area contributed by atoms with Crippen LogP contribution in [-0.2, 0) is 6.18 Å². The summed E-state index contributed by atoms with van der Waals surface area (Å²) in [5.41, 5.74) is -0.770. The van der Waals surface area contributed by atoms with Crippen LogP contribution >= 0.6 is 0 Å². The highest BCUT2D eigenvalue weighted by Gasteiger charge is 2.31. The minimum absolute atomic E-state index is 0.0259. The number of rotatable bonds is 9. The third kappa shape index (κ3) is 7.43. The molecular weight excluding hydrogens is 481 g/mol. The summed E-state index contributed by atoms with van der Waals surface area (Å²) in [6, 6.07) is 3.68. The lowest BCUT2D eigenvalue weighted by Gasteiger charge is -2.15. The number of alkyl halides is 3. The summed E-state index contributed by atoms with van der Waals surface area (Å²) in [5.74, 6) is 0.351. The van der Waals surface area contributed by atoms with Crippen LogP contribution in [0, 0.1) is 0 Å². The first-order chi connectivity index (χ1) is 17.0. The summed E-state index contributed by atoms with van der Waals surface area (Å²) in [4.78, 5) is 36.8. The van der Waals surface area contributed by atoms with Crippen molar-refractivity contribution in [1.82, 2.24) is 19.9 Å². The summed E-state index contributed by atoms with van der Waals surface area (Å²) in [5, 5.41) is 4.82. The zero-order valence-corrected chi connectivity index (χ0v) is 19.8. The van der Waals surface area contributed by atoms with Crippen LogP contribution in [0.2, 0.25) is 0 Å². The molecule has 0 spiro atoms. The summed E-state index contributed by atoms with van der Waals surface area (Å²) in [6.45, 7) is 2.72. The van der Waals surface area contributed by atoms with Crippen molar-refractivity contribution >= 4 is 17.4 Å². The first kappa shape index (κ1) is 26.5. The fourth-order valence-corrected chi connectivity index (χ4v) is 2.95. The number of aromatic nitrogens is 3. The van der Waals surface area contributed by atoms with Crippen molar-refractivity contribution in [3.8, 4) is 22.9 Å². The number of likely N-dealkylation sites (N-methyl/N-ethyl adjacent to an activating group) is 1. The zero-order valence-electron chi connectivity index (χ0n) is 19.8. The van der Waals surface area contributed by atoms with E-state index in [4.69, 9.17) is 9.47 Å². The molecular formula is C23H25F3N6O4. The topological polar surface area (TPSA) is 121 Å². The second kappa shape index (κ2) is 11.5. The van der Waals surface area contributed by atoms with Gasteiger partial charge < -0.3 is 30.0 Å². The number of urea groups is 1. The van der Waals surface area contributed by atoms with E-state index in [-0.39, 0.29) is 35.3 Å². The van der Waals surface area contributed by atoms with E-state index >= 15 is 0 Å². The Hall–Kier alpha value is -4.13. The number of pyridine rings is 1. The number of amides is 2. The van der Waals surface area contributed by atoms with E-state index in [1.165, 1.54) is 30.7 Å². The number of carbonyl (C=O) groups excluding carboxylic acids is 1. The van der Waals surface area contributed by atoms with E-state index in [1.54, 1.807) is 6.92 Å². The molecule has 0 saturated carbocycles. The molecule has 0 atom stereocenters. The molecule has 0 aliphatic carbocycles. The average Bonchev–Trinajstić information content (AvgIpc) is 2.80. The summed E-state index contributed by atoms with van der Waals surface area (Å²) < 4.78 is 50.6. The van der Waals surface area contributed by atoms with Gasteiger partial charge in [0, 0.05) is 30.1 Å². The summed E-state index contributed by atoms with van der Waals surface area (Å²) in [7, 11) is 3.61. The maximum Gasteiger partial charge on any atom is 0.416 e. The van der Waals surface area contributed by atoms with Crippen molar-refractivity contribution in [2.24, 2.45) is 0 Å². The lowest BCUT2D eigenvalue weighted by atomic mass is 10.2. The van der Waals surface area contributed by atoms with Gasteiger partial charge in [-0.3, -0.25) is 4.79 Å². The maximum absolute atomic E-state index is 13.3. The highest BCUT2D eigenvalue weighted by Crippen LogP contribution is 2.34. The molecule has 0 saturated heterocycles. The molecule has 3 rings (SSSR count). The van der Waals surface area contributed by atoms with E-state index in [0.29, 0.717) is 18.7 Å². The van der Waals surface area contributed by atoms with Gasteiger partial charge >= 0.3 is 12.2 Å². The number of hydrogen-bond donors (Lipinski definition) is 3. The Balaban J connectivity index is 1.70. The number of carbonyl (C=O) groups is 1. The van der Waals surface area contributed by atoms with Gasteiger partial charge in [0.1, 0.15) is 12.4 Å². The monoisotopic (exact) mass is 506 g/mol. The van der Waals surface area contributed by atoms with Gasteiger partial charge in [0.15, 0.2) is 11.6 Å². The Morgan fingerprint density at radius 1 is 1.06 bits per heavy atom. The molecule has 0 aliphatic heterocycles. The van der Waals surface area contributed by atoms with Crippen molar-refractivity contribution < 1.29 is 27.4 Å². The molecule has 36 heavy (non-hydrogen) atoms. The SMILES string of the molecule is CCOc1cc(-c2ncc(NC(=O)Nc3cc(OCCN(C)C)cc(C(F)(F)F)c3)cn2)c[nH]c1=O. The Morgan fingerprint density at radius 2 is 1.75 bits per heavy atom. The summed E-state index contributed by atoms with van der Waals surface area (Å²) >= 11 is 0. The predicted molar refractivity (Wildman–Crippen MR) is 127 cm³/mol. The third-order valence-electron chi connectivity index (χ3n) is 4.64. The van der Waals surface area contributed by atoms with Gasteiger partial charge in [-0.2, -0.15) is 13.2 Å². The Morgan fingerprint density at radius 3 is 2.39 bits per heavy atom. The van der Waals surface area contributed by atoms with Gasteiger partial charge in [0.05, 0.1) is 30.3 Å². The van der Waals surface area contributed by atoms with Crippen molar-refractivity contribution in [1.29, 1.82) is 0 Å². The molecule has 3 N–H and O–H groups in total. The number of nitrogens with zero attached hydrogens (tertiary/aromatic N) is 3. The number of aromatic amines is 1. The molecule has 13 heteroatoms. The van der Waals surface area contributed by atoms with Crippen molar-refractivity contribution in [3.63, 3.8) is 0 Å². The van der Waals surface area contributed by atoms with Gasteiger partial charge in [-0.05, 0) is 39.2 Å². The van der Waals surface area contributed by atoms with Gasteiger partial charge in [-0.25, -0.2) is 14.8 Å². The van der Waals surface area contributed by atoms with Crippen LogP contribution in [0.15, 0.2) is 47.7 Å². The molecule has 2 heterocycles. The Bertz CT molecular complexity index is 1250. The predicted octanol–water partition coefficient (Wildman–Crippen LogP) is 3.83. The standard InChI is InChI=1S/C23H25F3N6O4/c1-4-35-19-7-14(11-29-21(19)33)20-27-12-17(13-28-20)31-22(34)30-16-8-15(23(24,25)26)9-18(10-16)36-6-5-32(2)3/h7-13H,4-6H2,1-3H3,(H,29,33)(H2,30,31,34). The molecule has 0 aliphatic rings. The van der Waals surface area contributed by atoms with E-state index in [2.05, 4.69) is 25.6 Å². The Labute approximate surface area is 204 Å². The van der Waals surface area contributed by atoms with E-state index in [1.807, 2.05) is 19.0 Å². The highest BCUT2D eigenvalue weighted by molar-refractivity contribution is 5.99. The molecule has 3 aromatic rings. The van der Waals surface area contributed by atoms with Crippen LogP contribution in [0.1, 0.15) is 12.5 Å². The van der Waals surface area contributed by atoms with Gasteiger partial charge in [0.25, 0.3) is 5.56 Å². The molecule has 0 fully saturated rings. The van der Waals surface area contributed by atoms with Crippen LogP contribution in [0.5, 0.6) is 11.5 Å². The quantitative estimate of drug-likeness (QED) is 0.403. The first-order valence-corrected chi connectivity index (χ1v) is 10.8. The number of ether oxygens (including phenoxy) is 2. The van der Waals surface area contributed by atoms with Crippen molar-refractivity contribution in [2.75, 3.05) is 44.5 Å². The first-order valence-electron chi connectivity index (χ1n) is 10.8. The number of halogens is 3. The maximum atomic E-state index is 13.3. The zero-order chi connectivity index (χ0) is 26.3. The molecule has 192 valence electrons. The highest BCUT2D eigenvalue weighted by atomic mass is 19.4. The minimum Gasteiger partial charge on any atom is -0.492 e. The normalized spacial score (nSPS) is 11.3. The van der Waals surface area contributed by atoms with Gasteiger partial charge in [-0.15, -0.1) is 0 Å². The average molecular weight is 506 g/mol. The van der Waals surface area contributed by atoms with Crippen molar-refractivity contribution in [3.05, 3.63) is 58.8 Å². The summed E-state index contributed by atoms with van der Waals surface area (Å²) in [6.07, 6.45) is -0.572. The molecule has 0 unspecified atom stereocenters. The number of H-pyrrole nitrogens is 1.